The lowest BCUT2D eigenvalue weighted by Gasteiger charge is -2.29. The first-order valence-electron chi connectivity index (χ1n) is 9.16. The normalized spacial score (nSPS) is 16.6. The van der Waals surface area contributed by atoms with Gasteiger partial charge in [0.15, 0.2) is 0 Å². The highest BCUT2D eigenvalue weighted by Gasteiger charge is 2.19. The van der Waals surface area contributed by atoms with E-state index in [0.29, 0.717) is 18.7 Å². The molecular weight excluding hydrogens is 348 g/mol. The van der Waals surface area contributed by atoms with Crippen LogP contribution in [0.3, 0.4) is 0 Å². The molecule has 0 aliphatic carbocycles. The largest absolute Gasteiger partial charge is 0.493 e. The summed E-state index contributed by atoms with van der Waals surface area (Å²) < 4.78 is 11.2. The van der Waals surface area contributed by atoms with Crippen LogP contribution in [0.1, 0.15) is 23.8 Å². The number of hydrogen-bond donors (Lipinski definition) is 3. The highest BCUT2D eigenvalue weighted by Crippen LogP contribution is 2.22. The van der Waals surface area contributed by atoms with E-state index in [1.165, 1.54) is 12.5 Å². The first-order chi connectivity index (χ1) is 13.1. The molecule has 8 nitrogen and oxygen atoms in total. The molecule has 3 rings (SSSR count). The zero-order valence-electron chi connectivity index (χ0n) is 15.4. The summed E-state index contributed by atoms with van der Waals surface area (Å²) in [5, 5.41) is 12.8. The van der Waals surface area contributed by atoms with Gasteiger partial charge < -0.3 is 29.8 Å². The number of benzene rings is 1. The minimum atomic E-state index is -0.694. The summed E-state index contributed by atoms with van der Waals surface area (Å²) in [6, 6.07) is 7.52. The molecule has 8 heteroatoms. The Labute approximate surface area is 158 Å². The third kappa shape index (κ3) is 5.45. The number of nitrogens with one attached hydrogen (secondary N) is 2. The van der Waals surface area contributed by atoms with Gasteiger partial charge in [0.2, 0.25) is 0 Å². The van der Waals surface area contributed by atoms with Gasteiger partial charge in [-0.25, -0.2) is 4.98 Å². The molecule has 1 aliphatic rings. The van der Waals surface area contributed by atoms with E-state index in [1.54, 1.807) is 6.92 Å². The van der Waals surface area contributed by atoms with Crippen LogP contribution in [0, 0.1) is 0 Å². The highest BCUT2D eigenvalue weighted by molar-refractivity contribution is 5.92. The highest BCUT2D eigenvalue weighted by atomic mass is 16.5. The average molecular weight is 374 g/mol. The predicted octanol–water partition coefficient (Wildman–Crippen LogP) is 1.19. The number of nitrogens with zero attached hydrogens (tertiary/aromatic N) is 2. The number of hydrogen-bond acceptors (Lipinski definition) is 6. The Morgan fingerprint density at radius 1 is 1.44 bits per heavy atom. The number of carbonyl (C=O) groups is 1. The Hall–Kier alpha value is -2.58. The summed E-state index contributed by atoms with van der Waals surface area (Å²) in [7, 11) is 0. The van der Waals surface area contributed by atoms with E-state index < -0.39 is 12.1 Å². The maximum absolute atomic E-state index is 12.1. The standard InChI is InChI=1S/C19H26N4O4/c1-14(24)17(22-19(25)18-12-20-13-21-18)5-8-27-16-4-2-3-15(11-16)23-6-9-26-10-7-23/h2-4,11-14,17,24H,5-10H2,1H3,(H,20,21)(H,22,25)/t14-,17+/m0/s1. The first-order valence-corrected chi connectivity index (χ1v) is 9.16. The number of aliphatic hydroxyl groups excluding tert-OH is 1. The quantitative estimate of drug-likeness (QED) is 0.642. The smallest absolute Gasteiger partial charge is 0.269 e. The summed E-state index contributed by atoms with van der Waals surface area (Å²) in [6.45, 7) is 5.23. The van der Waals surface area contributed by atoms with Crippen LogP contribution in [0.15, 0.2) is 36.8 Å². The number of imidazole rings is 1. The van der Waals surface area contributed by atoms with Crippen molar-refractivity contribution in [3.8, 4) is 5.75 Å². The number of aromatic nitrogens is 2. The fourth-order valence-electron chi connectivity index (χ4n) is 2.96. The van der Waals surface area contributed by atoms with Gasteiger partial charge in [0.25, 0.3) is 5.91 Å². The molecule has 1 saturated heterocycles. The van der Waals surface area contributed by atoms with Crippen LogP contribution in [-0.4, -0.2) is 66.0 Å². The maximum atomic E-state index is 12.1. The predicted molar refractivity (Wildman–Crippen MR) is 101 cm³/mol. The molecule has 2 heterocycles. The monoisotopic (exact) mass is 374 g/mol. The van der Waals surface area contributed by atoms with Gasteiger partial charge in [-0.05, 0) is 19.1 Å². The molecule has 1 amide bonds. The SMILES string of the molecule is C[C@H](O)[C@@H](CCOc1cccc(N2CCOCC2)c1)NC(=O)c1cnc[nH]1. The van der Waals surface area contributed by atoms with E-state index in [1.807, 2.05) is 18.2 Å². The third-order valence-electron chi connectivity index (χ3n) is 4.53. The molecule has 3 N–H and O–H groups in total. The molecule has 0 unspecified atom stereocenters. The Bertz CT molecular complexity index is 714. The Morgan fingerprint density at radius 3 is 2.96 bits per heavy atom. The summed E-state index contributed by atoms with van der Waals surface area (Å²) in [4.78, 5) is 21.0. The number of amides is 1. The molecule has 1 aromatic heterocycles. The zero-order chi connectivity index (χ0) is 19.1. The second-order valence-electron chi connectivity index (χ2n) is 6.52. The van der Waals surface area contributed by atoms with Crippen LogP contribution in [-0.2, 0) is 4.74 Å². The molecule has 0 saturated carbocycles. The average Bonchev–Trinajstić information content (AvgIpc) is 3.23. The number of ether oxygens (including phenoxy) is 2. The van der Waals surface area contributed by atoms with Crippen molar-refractivity contribution < 1.29 is 19.4 Å². The maximum Gasteiger partial charge on any atom is 0.269 e. The van der Waals surface area contributed by atoms with Crippen molar-refractivity contribution in [2.75, 3.05) is 37.8 Å². The van der Waals surface area contributed by atoms with Crippen LogP contribution >= 0.6 is 0 Å². The van der Waals surface area contributed by atoms with Crippen molar-refractivity contribution in [3.05, 3.63) is 42.5 Å². The second kappa shape index (κ2) is 9.38. The van der Waals surface area contributed by atoms with Crippen LogP contribution in [0.25, 0.3) is 0 Å². The summed E-state index contributed by atoms with van der Waals surface area (Å²) in [5.74, 6) is 0.468. The third-order valence-corrected chi connectivity index (χ3v) is 4.53. The van der Waals surface area contributed by atoms with Crippen LogP contribution < -0.4 is 15.0 Å². The van der Waals surface area contributed by atoms with Gasteiger partial charge in [-0.3, -0.25) is 4.79 Å². The minimum Gasteiger partial charge on any atom is -0.493 e. The van der Waals surface area contributed by atoms with E-state index in [0.717, 1.165) is 37.7 Å². The van der Waals surface area contributed by atoms with E-state index in [9.17, 15) is 9.90 Å². The summed E-state index contributed by atoms with van der Waals surface area (Å²) in [5.41, 5.74) is 1.47. The van der Waals surface area contributed by atoms with Gasteiger partial charge in [0, 0.05) is 31.3 Å². The molecule has 27 heavy (non-hydrogen) atoms. The summed E-state index contributed by atoms with van der Waals surface area (Å²) >= 11 is 0. The molecule has 2 aromatic rings. The van der Waals surface area contributed by atoms with Crippen LogP contribution in [0.4, 0.5) is 5.69 Å². The van der Waals surface area contributed by atoms with E-state index >= 15 is 0 Å². The Kier molecular flexibility index (Phi) is 6.67. The molecule has 1 aromatic carbocycles. The lowest BCUT2D eigenvalue weighted by Crippen LogP contribution is -2.43. The molecule has 146 valence electrons. The van der Waals surface area contributed by atoms with Gasteiger partial charge in [0.05, 0.1) is 44.5 Å². The summed E-state index contributed by atoms with van der Waals surface area (Å²) in [6.07, 6.45) is 2.68. The number of aliphatic hydroxyl groups is 1. The van der Waals surface area contributed by atoms with Crippen molar-refractivity contribution in [1.82, 2.24) is 15.3 Å². The number of anilines is 1. The van der Waals surface area contributed by atoms with Crippen LogP contribution in [0.2, 0.25) is 0 Å². The zero-order valence-corrected chi connectivity index (χ0v) is 15.4. The van der Waals surface area contributed by atoms with Crippen molar-refractivity contribution >= 4 is 11.6 Å². The number of rotatable bonds is 8. The van der Waals surface area contributed by atoms with E-state index in [4.69, 9.17) is 9.47 Å². The lowest BCUT2D eigenvalue weighted by atomic mass is 10.1. The Morgan fingerprint density at radius 2 is 2.26 bits per heavy atom. The minimum absolute atomic E-state index is 0.298. The Balaban J connectivity index is 1.51. The number of carbonyl (C=O) groups excluding carboxylic acids is 1. The molecule has 1 fully saturated rings. The molecule has 1 aliphatic heterocycles. The van der Waals surface area contributed by atoms with E-state index in [2.05, 4.69) is 26.3 Å². The first kappa shape index (κ1) is 19.2. The molecule has 0 bridgehead atoms. The van der Waals surface area contributed by atoms with Crippen molar-refractivity contribution in [2.24, 2.45) is 0 Å². The van der Waals surface area contributed by atoms with Gasteiger partial charge in [-0.2, -0.15) is 0 Å². The van der Waals surface area contributed by atoms with Gasteiger partial charge in [0.1, 0.15) is 11.4 Å². The van der Waals surface area contributed by atoms with Crippen molar-refractivity contribution in [3.63, 3.8) is 0 Å². The fourth-order valence-corrected chi connectivity index (χ4v) is 2.96. The molecule has 2 atom stereocenters. The molecule has 0 radical (unpaired) electrons. The number of H-pyrrole nitrogens is 1. The fraction of sp³-hybridized carbons (Fsp3) is 0.474. The molecular formula is C19H26N4O4. The van der Waals surface area contributed by atoms with Gasteiger partial charge in [-0.15, -0.1) is 0 Å². The second-order valence-corrected chi connectivity index (χ2v) is 6.52. The van der Waals surface area contributed by atoms with Crippen molar-refractivity contribution in [2.45, 2.75) is 25.5 Å². The van der Waals surface area contributed by atoms with Gasteiger partial charge >= 0.3 is 0 Å². The number of morpholine rings is 1. The van der Waals surface area contributed by atoms with Crippen molar-refractivity contribution in [1.29, 1.82) is 0 Å². The van der Waals surface area contributed by atoms with E-state index in [-0.39, 0.29) is 5.91 Å². The topological polar surface area (TPSA) is 99.7 Å². The van der Waals surface area contributed by atoms with Crippen LogP contribution in [0.5, 0.6) is 5.75 Å². The molecule has 0 spiro atoms. The van der Waals surface area contributed by atoms with Gasteiger partial charge in [-0.1, -0.05) is 6.07 Å². The lowest BCUT2D eigenvalue weighted by molar-refractivity contribution is 0.0827. The number of aromatic amines is 1.